The molecule has 1 heterocycles. The van der Waals surface area contributed by atoms with Gasteiger partial charge in [-0.05, 0) is 12.8 Å². The van der Waals surface area contributed by atoms with E-state index in [-0.39, 0.29) is 30.3 Å². The smallest absolute Gasteiger partial charge is 0.243 e. The lowest BCUT2D eigenvalue weighted by molar-refractivity contribution is -0.146. The van der Waals surface area contributed by atoms with Gasteiger partial charge in [-0.2, -0.15) is 0 Å². The van der Waals surface area contributed by atoms with Gasteiger partial charge in [0.1, 0.15) is 6.04 Å². The first kappa shape index (κ1) is 11.6. The third-order valence-corrected chi connectivity index (χ3v) is 2.40. The molecule has 1 unspecified atom stereocenters. The summed E-state index contributed by atoms with van der Waals surface area (Å²) in [5, 5.41) is 2.59. The van der Waals surface area contributed by atoms with Crippen LogP contribution in [0, 0.1) is 17.8 Å². The molecule has 0 radical (unpaired) electrons. The second kappa shape index (κ2) is 4.83. The monoisotopic (exact) mass is 208 g/mol. The zero-order chi connectivity index (χ0) is 11.4. The second-order valence-corrected chi connectivity index (χ2v) is 3.86. The van der Waals surface area contributed by atoms with E-state index in [1.807, 2.05) is 13.8 Å². The van der Waals surface area contributed by atoms with Gasteiger partial charge in [-0.3, -0.25) is 9.59 Å². The van der Waals surface area contributed by atoms with E-state index in [2.05, 4.69) is 17.2 Å². The number of amides is 2. The van der Waals surface area contributed by atoms with Crippen molar-refractivity contribution in [3.05, 3.63) is 0 Å². The Labute approximate surface area is 90.0 Å². The van der Waals surface area contributed by atoms with E-state index in [4.69, 9.17) is 0 Å². The van der Waals surface area contributed by atoms with Crippen molar-refractivity contribution < 1.29 is 9.59 Å². The Kier molecular flexibility index (Phi) is 3.73. The number of hydrogen-bond acceptors (Lipinski definition) is 2. The van der Waals surface area contributed by atoms with Gasteiger partial charge in [0.2, 0.25) is 11.8 Å². The molecule has 0 aliphatic carbocycles. The molecule has 0 aromatic carbocycles. The van der Waals surface area contributed by atoms with Crippen molar-refractivity contribution in [3.63, 3.8) is 0 Å². The highest BCUT2D eigenvalue weighted by molar-refractivity contribution is 5.95. The number of hydrogen-bond donors (Lipinski definition) is 1. The summed E-state index contributed by atoms with van der Waals surface area (Å²) in [4.78, 5) is 24.8. The lowest BCUT2D eigenvalue weighted by Gasteiger charge is -2.35. The van der Waals surface area contributed by atoms with Crippen molar-refractivity contribution in [2.75, 3.05) is 13.1 Å². The summed E-state index contributed by atoms with van der Waals surface area (Å²) >= 11 is 0. The van der Waals surface area contributed by atoms with E-state index in [1.165, 1.54) is 0 Å². The minimum atomic E-state index is -0.382. The first-order valence-corrected chi connectivity index (χ1v) is 5.04. The van der Waals surface area contributed by atoms with E-state index in [9.17, 15) is 9.59 Å². The van der Waals surface area contributed by atoms with E-state index in [1.54, 1.807) is 11.8 Å². The van der Waals surface area contributed by atoms with Crippen LogP contribution >= 0.6 is 0 Å². The van der Waals surface area contributed by atoms with Crippen LogP contribution < -0.4 is 5.32 Å². The van der Waals surface area contributed by atoms with Crippen LogP contribution in [-0.2, 0) is 9.59 Å². The summed E-state index contributed by atoms with van der Waals surface area (Å²) in [5.41, 5.74) is 0. The Balaban J connectivity index is 2.86. The minimum absolute atomic E-state index is 0.0592. The largest absolute Gasteiger partial charge is 0.345 e. The Bertz CT molecular complexity index is 325. The molecule has 1 atom stereocenters. The average Bonchev–Trinajstić information content (AvgIpc) is 2.18. The fourth-order valence-electron chi connectivity index (χ4n) is 1.68. The topological polar surface area (TPSA) is 49.4 Å². The maximum Gasteiger partial charge on any atom is 0.243 e. The van der Waals surface area contributed by atoms with Gasteiger partial charge in [-0.15, -0.1) is 5.92 Å². The fourth-order valence-corrected chi connectivity index (χ4v) is 1.68. The summed E-state index contributed by atoms with van der Waals surface area (Å²) < 4.78 is 0. The number of nitrogens with zero attached hydrogens (tertiary/aromatic N) is 1. The van der Waals surface area contributed by atoms with Crippen molar-refractivity contribution in [3.8, 4) is 11.8 Å². The Morgan fingerprint density at radius 3 is 2.73 bits per heavy atom. The summed E-state index contributed by atoms with van der Waals surface area (Å²) in [6.45, 7) is 6.00. The number of piperazine rings is 1. The van der Waals surface area contributed by atoms with E-state index >= 15 is 0 Å². The van der Waals surface area contributed by atoms with Gasteiger partial charge in [-0.25, -0.2) is 0 Å². The molecule has 1 fully saturated rings. The molecular weight excluding hydrogens is 192 g/mol. The second-order valence-electron chi connectivity index (χ2n) is 3.86. The summed E-state index contributed by atoms with van der Waals surface area (Å²) in [7, 11) is 0. The SMILES string of the molecule is CC#CCN1C(=O)CNC(=O)C1C(C)C. The molecule has 1 aliphatic rings. The molecular formula is C11H16N2O2. The van der Waals surface area contributed by atoms with Crippen LogP contribution in [0.1, 0.15) is 20.8 Å². The van der Waals surface area contributed by atoms with Crippen molar-refractivity contribution in [1.82, 2.24) is 10.2 Å². The molecule has 4 heteroatoms. The fraction of sp³-hybridized carbons (Fsp3) is 0.636. The number of carbonyl (C=O) groups is 2. The van der Waals surface area contributed by atoms with Crippen molar-refractivity contribution >= 4 is 11.8 Å². The number of rotatable bonds is 2. The molecule has 1 N–H and O–H groups in total. The van der Waals surface area contributed by atoms with Gasteiger partial charge in [0.25, 0.3) is 0 Å². The van der Waals surface area contributed by atoms with Gasteiger partial charge >= 0.3 is 0 Å². The van der Waals surface area contributed by atoms with E-state index in [0.29, 0.717) is 6.54 Å². The maximum atomic E-state index is 11.6. The standard InChI is InChI=1S/C11H16N2O2/c1-4-5-6-13-9(14)7-12-11(15)10(13)8(2)3/h8,10H,6-7H2,1-3H3,(H,12,15). The van der Waals surface area contributed by atoms with Crippen molar-refractivity contribution in [2.45, 2.75) is 26.8 Å². The summed E-state index contributed by atoms with van der Waals surface area (Å²) in [6.07, 6.45) is 0. The van der Waals surface area contributed by atoms with Crippen molar-refractivity contribution in [2.24, 2.45) is 5.92 Å². The third kappa shape index (κ3) is 2.50. The van der Waals surface area contributed by atoms with Gasteiger partial charge in [0, 0.05) is 0 Å². The van der Waals surface area contributed by atoms with Crippen LogP contribution in [0.5, 0.6) is 0 Å². The van der Waals surface area contributed by atoms with Crippen LogP contribution in [0.2, 0.25) is 0 Å². The molecule has 15 heavy (non-hydrogen) atoms. The first-order valence-electron chi connectivity index (χ1n) is 5.04. The zero-order valence-electron chi connectivity index (χ0n) is 9.33. The highest BCUT2D eigenvalue weighted by atomic mass is 16.2. The predicted octanol–water partition coefficient (Wildman–Crippen LogP) is -0.00730. The van der Waals surface area contributed by atoms with Gasteiger partial charge in [0.15, 0.2) is 0 Å². The molecule has 0 bridgehead atoms. The first-order chi connectivity index (χ1) is 7.07. The molecule has 0 aromatic rings. The van der Waals surface area contributed by atoms with Gasteiger partial charge in [-0.1, -0.05) is 19.8 Å². The molecule has 82 valence electrons. The van der Waals surface area contributed by atoms with Crippen LogP contribution in [0.3, 0.4) is 0 Å². The lowest BCUT2D eigenvalue weighted by Crippen LogP contribution is -2.60. The van der Waals surface area contributed by atoms with Crippen LogP contribution in [0.15, 0.2) is 0 Å². The Morgan fingerprint density at radius 2 is 2.20 bits per heavy atom. The van der Waals surface area contributed by atoms with Crippen molar-refractivity contribution in [1.29, 1.82) is 0 Å². The highest BCUT2D eigenvalue weighted by Crippen LogP contribution is 2.14. The summed E-state index contributed by atoms with van der Waals surface area (Å²) in [5.74, 6) is 5.53. The lowest BCUT2D eigenvalue weighted by atomic mass is 9.99. The van der Waals surface area contributed by atoms with Crippen LogP contribution in [0.4, 0.5) is 0 Å². The average molecular weight is 208 g/mol. The molecule has 0 saturated carbocycles. The van der Waals surface area contributed by atoms with Gasteiger partial charge < -0.3 is 10.2 Å². The summed E-state index contributed by atoms with van der Waals surface area (Å²) in [6, 6.07) is -0.382. The highest BCUT2D eigenvalue weighted by Gasteiger charge is 2.35. The van der Waals surface area contributed by atoms with E-state index in [0.717, 1.165) is 0 Å². The molecule has 1 saturated heterocycles. The Morgan fingerprint density at radius 1 is 1.53 bits per heavy atom. The number of carbonyl (C=O) groups excluding carboxylic acids is 2. The minimum Gasteiger partial charge on any atom is -0.345 e. The molecule has 1 aliphatic heterocycles. The normalized spacial score (nSPS) is 21.1. The molecule has 0 aromatic heterocycles. The van der Waals surface area contributed by atoms with E-state index < -0.39 is 0 Å². The third-order valence-electron chi connectivity index (χ3n) is 2.40. The molecule has 4 nitrogen and oxygen atoms in total. The number of nitrogens with one attached hydrogen (secondary N) is 1. The Hall–Kier alpha value is -1.50. The zero-order valence-corrected chi connectivity index (χ0v) is 9.33. The van der Waals surface area contributed by atoms with Gasteiger partial charge in [0.05, 0.1) is 13.1 Å². The van der Waals surface area contributed by atoms with Crippen LogP contribution in [-0.4, -0.2) is 35.8 Å². The predicted molar refractivity (Wildman–Crippen MR) is 56.8 cm³/mol. The van der Waals surface area contributed by atoms with Crippen LogP contribution in [0.25, 0.3) is 0 Å². The molecule has 1 rings (SSSR count). The maximum absolute atomic E-state index is 11.6. The molecule has 0 spiro atoms. The quantitative estimate of drug-likeness (QED) is 0.649. The molecule has 2 amide bonds.